The lowest BCUT2D eigenvalue weighted by Gasteiger charge is -2.23. The molecule has 3 aromatic carbocycles. The van der Waals surface area contributed by atoms with Gasteiger partial charge in [0.2, 0.25) is 10.0 Å². The van der Waals surface area contributed by atoms with Crippen LogP contribution in [0.3, 0.4) is 0 Å². The number of hydrogen-bond donors (Lipinski definition) is 1. The van der Waals surface area contributed by atoms with Gasteiger partial charge in [0, 0.05) is 17.1 Å². The number of rotatable bonds is 7. The molecule has 178 valence electrons. The summed E-state index contributed by atoms with van der Waals surface area (Å²) < 4.78 is 59.2. The van der Waals surface area contributed by atoms with E-state index in [4.69, 9.17) is 16.3 Å². The molecule has 0 radical (unpaired) electrons. The second-order valence-electron chi connectivity index (χ2n) is 7.73. The highest BCUT2D eigenvalue weighted by Crippen LogP contribution is 2.38. The molecule has 8 nitrogen and oxygen atoms in total. The Labute approximate surface area is 203 Å². The number of hydrazone groups is 1. The molecular formula is C23H22ClN3O5S2. The second-order valence-corrected chi connectivity index (χ2v) is 11.7. The van der Waals surface area contributed by atoms with Gasteiger partial charge in [-0.15, -0.1) is 0 Å². The van der Waals surface area contributed by atoms with Crippen molar-refractivity contribution in [3.8, 4) is 5.75 Å². The molecule has 1 aliphatic heterocycles. The zero-order valence-corrected chi connectivity index (χ0v) is 20.7. The van der Waals surface area contributed by atoms with E-state index < -0.39 is 26.1 Å². The van der Waals surface area contributed by atoms with Gasteiger partial charge in [-0.1, -0.05) is 41.9 Å². The Hall–Kier alpha value is -3.08. The fourth-order valence-corrected chi connectivity index (χ4v) is 5.96. The summed E-state index contributed by atoms with van der Waals surface area (Å²) in [4.78, 5) is 0.0241. The third kappa shape index (κ3) is 5.19. The average molecular weight is 520 g/mol. The van der Waals surface area contributed by atoms with E-state index in [9.17, 15) is 16.8 Å². The van der Waals surface area contributed by atoms with Gasteiger partial charge in [-0.05, 0) is 53.6 Å². The van der Waals surface area contributed by atoms with Crippen LogP contribution in [0.4, 0.5) is 5.69 Å². The average Bonchev–Trinajstić information content (AvgIpc) is 3.25. The minimum absolute atomic E-state index is 0.0241. The summed E-state index contributed by atoms with van der Waals surface area (Å²) in [6.07, 6.45) is 1.35. The largest absolute Gasteiger partial charge is 0.497 e. The van der Waals surface area contributed by atoms with Crippen molar-refractivity contribution in [2.75, 3.05) is 18.1 Å². The molecule has 0 amide bonds. The third-order valence-corrected chi connectivity index (χ3v) is 7.73. The zero-order chi connectivity index (χ0) is 24.5. The van der Waals surface area contributed by atoms with Crippen molar-refractivity contribution in [1.29, 1.82) is 0 Å². The van der Waals surface area contributed by atoms with Gasteiger partial charge in [-0.25, -0.2) is 8.42 Å². The van der Waals surface area contributed by atoms with Gasteiger partial charge in [0.05, 0.1) is 30.0 Å². The van der Waals surface area contributed by atoms with Crippen molar-refractivity contribution in [2.45, 2.75) is 17.4 Å². The monoisotopic (exact) mass is 519 g/mol. The van der Waals surface area contributed by atoms with E-state index >= 15 is 0 Å². The Bertz CT molecular complexity index is 1460. The van der Waals surface area contributed by atoms with Gasteiger partial charge in [0.1, 0.15) is 5.75 Å². The number of sulfonamides is 2. The molecule has 0 saturated carbocycles. The SMILES string of the molecule is COc1ccc([C@H]2CC(c3cccc(NS(C)(=O)=O)c3)=NN2S(=O)(=O)c2cccc(Cl)c2)cc1. The molecule has 0 aromatic heterocycles. The molecule has 0 fully saturated rings. The predicted octanol–water partition coefficient (Wildman–Crippen LogP) is 4.26. The summed E-state index contributed by atoms with van der Waals surface area (Å²) in [6, 6.07) is 19.2. The minimum Gasteiger partial charge on any atom is -0.497 e. The molecule has 1 N–H and O–H groups in total. The quantitative estimate of drug-likeness (QED) is 0.502. The first kappa shape index (κ1) is 24.1. The molecule has 11 heteroatoms. The first-order valence-electron chi connectivity index (χ1n) is 10.2. The molecular weight excluding hydrogens is 498 g/mol. The highest BCUT2D eigenvalue weighted by atomic mass is 35.5. The molecule has 0 aliphatic carbocycles. The van der Waals surface area contributed by atoms with Gasteiger partial charge >= 0.3 is 0 Å². The maximum atomic E-state index is 13.6. The zero-order valence-electron chi connectivity index (χ0n) is 18.3. The number of halogens is 1. The molecule has 0 bridgehead atoms. The molecule has 0 spiro atoms. The Kier molecular flexibility index (Phi) is 6.57. The number of anilines is 1. The maximum Gasteiger partial charge on any atom is 0.279 e. The topological polar surface area (TPSA) is 105 Å². The summed E-state index contributed by atoms with van der Waals surface area (Å²) in [6.45, 7) is 0. The summed E-state index contributed by atoms with van der Waals surface area (Å²) >= 11 is 6.05. The van der Waals surface area contributed by atoms with Gasteiger partial charge in [0.15, 0.2) is 0 Å². The highest BCUT2D eigenvalue weighted by molar-refractivity contribution is 7.92. The molecule has 0 saturated heterocycles. The number of methoxy groups -OCH3 is 1. The first-order chi connectivity index (χ1) is 16.1. The lowest BCUT2D eigenvalue weighted by molar-refractivity contribution is 0.370. The Morgan fingerprint density at radius 2 is 1.71 bits per heavy atom. The van der Waals surface area contributed by atoms with Crippen LogP contribution in [-0.2, 0) is 20.0 Å². The fraction of sp³-hybridized carbons (Fsp3) is 0.174. The maximum absolute atomic E-state index is 13.6. The van der Waals surface area contributed by atoms with E-state index in [0.29, 0.717) is 27.7 Å². The van der Waals surface area contributed by atoms with Gasteiger partial charge in [0.25, 0.3) is 10.0 Å². The van der Waals surface area contributed by atoms with Crippen LogP contribution in [-0.4, -0.2) is 40.3 Å². The number of nitrogens with one attached hydrogen (secondary N) is 1. The van der Waals surface area contributed by atoms with E-state index in [1.807, 2.05) is 0 Å². The predicted molar refractivity (Wildman–Crippen MR) is 132 cm³/mol. The minimum atomic E-state index is -4.04. The molecule has 1 aliphatic rings. The number of ether oxygens (including phenoxy) is 1. The van der Waals surface area contributed by atoms with E-state index in [1.54, 1.807) is 67.8 Å². The Balaban J connectivity index is 1.78. The van der Waals surface area contributed by atoms with Crippen LogP contribution in [0.25, 0.3) is 0 Å². The Morgan fingerprint density at radius 3 is 2.35 bits per heavy atom. The van der Waals surface area contributed by atoms with Crippen molar-refractivity contribution in [3.05, 3.63) is 88.9 Å². The van der Waals surface area contributed by atoms with Crippen molar-refractivity contribution in [3.63, 3.8) is 0 Å². The van der Waals surface area contributed by atoms with E-state index in [2.05, 4.69) is 9.82 Å². The van der Waals surface area contributed by atoms with Crippen molar-refractivity contribution >= 4 is 43.0 Å². The molecule has 1 atom stereocenters. The highest BCUT2D eigenvalue weighted by Gasteiger charge is 2.38. The number of benzene rings is 3. The summed E-state index contributed by atoms with van der Waals surface area (Å²) in [7, 11) is -5.95. The fourth-order valence-electron chi connectivity index (χ4n) is 3.67. The van der Waals surface area contributed by atoms with E-state index in [-0.39, 0.29) is 11.3 Å². The molecule has 1 heterocycles. The van der Waals surface area contributed by atoms with Crippen LogP contribution in [0.5, 0.6) is 5.75 Å². The summed E-state index contributed by atoms with van der Waals surface area (Å²) in [5.41, 5.74) is 2.20. The lowest BCUT2D eigenvalue weighted by atomic mass is 9.99. The van der Waals surface area contributed by atoms with Crippen LogP contribution in [0.1, 0.15) is 23.6 Å². The third-order valence-electron chi connectivity index (χ3n) is 5.21. The van der Waals surface area contributed by atoms with Gasteiger partial charge < -0.3 is 4.74 Å². The smallest absolute Gasteiger partial charge is 0.279 e. The normalized spacial score (nSPS) is 16.3. The van der Waals surface area contributed by atoms with Crippen molar-refractivity contribution < 1.29 is 21.6 Å². The summed E-state index contributed by atoms with van der Waals surface area (Å²) in [5.74, 6) is 0.645. The van der Waals surface area contributed by atoms with Crippen LogP contribution in [0.2, 0.25) is 5.02 Å². The standard InChI is InChI=1S/C23H22ClN3O5S2/c1-32-20-11-9-16(10-12-20)23-15-22(17-5-3-7-19(13-17)26-33(2,28)29)25-27(23)34(30,31)21-8-4-6-18(24)14-21/h3-14,23,26H,15H2,1-2H3/t23-/m1/s1. The lowest BCUT2D eigenvalue weighted by Crippen LogP contribution is -2.27. The number of hydrogen-bond acceptors (Lipinski definition) is 6. The molecule has 0 unspecified atom stereocenters. The van der Waals surface area contributed by atoms with E-state index in [0.717, 1.165) is 16.2 Å². The molecule has 3 aromatic rings. The van der Waals surface area contributed by atoms with Crippen LogP contribution in [0.15, 0.2) is 82.8 Å². The molecule has 34 heavy (non-hydrogen) atoms. The number of nitrogens with zero attached hydrogens (tertiary/aromatic N) is 2. The Morgan fingerprint density at radius 1 is 1.00 bits per heavy atom. The van der Waals surface area contributed by atoms with Crippen molar-refractivity contribution in [2.24, 2.45) is 5.10 Å². The van der Waals surface area contributed by atoms with Gasteiger partial charge in [-0.3, -0.25) is 4.72 Å². The van der Waals surface area contributed by atoms with Crippen molar-refractivity contribution in [1.82, 2.24) is 4.41 Å². The van der Waals surface area contributed by atoms with Crippen LogP contribution >= 0.6 is 11.6 Å². The van der Waals surface area contributed by atoms with Crippen LogP contribution in [0, 0.1) is 0 Å². The van der Waals surface area contributed by atoms with Crippen LogP contribution < -0.4 is 9.46 Å². The first-order valence-corrected chi connectivity index (χ1v) is 13.9. The van der Waals surface area contributed by atoms with E-state index in [1.165, 1.54) is 12.1 Å². The van der Waals surface area contributed by atoms with Gasteiger partial charge in [-0.2, -0.15) is 17.9 Å². The molecule has 4 rings (SSSR count). The second kappa shape index (κ2) is 9.28. The summed E-state index contributed by atoms with van der Waals surface area (Å²) in [5, 5.41) is 4.78.